The predicted molar refractivity (Wildman–Crippen MR) is 48.9 cm³/mol. The summed E-state index contributed by atoms with van der Waals surface area (Å²) < 4.78 is 0. The van der Waals surface area contributed by atoms with Crippen LogP contribution < -0.4 is 0 Å². The van der Waals surface area contributed by atoms with E-state index in [9.17, 15) is 4.79 Å². The van der Waals surface area contributed by atoms with Crippen molar-refractivity contribution in [3.8, 4) is 0 Å². The van der Waals surface area contributed by atoms with E-state index in [0.717, 1.165) is 18.8 Å². The van der Waals surface area contributed by atoms with Crippen LogP contribution >= 0.6 is 0 Å². The third kappa shape index (κ3) is 1.10. The predicted octanol–water partition coefficient (Wildman–Crippen LogP) is 2.79. The maximum absolute atomic E-state index is 11.7. The summed E-state index contributed by atoms with van der Waals surface area (Å²) in [6, 6.07) is 0. The molecule has 68 valence electrons. The maximum Gasteiger partial charge on any atom is 0.139 e. The zero-order chi connectivity index (χ0) is 8.77. The summed E-state index contributed by atoms with van der Waals surface area (Å²) in [7, 11) is 0. The van der Waals surface area contributed by atoms with E-state index in [0.29, 0.717) is 11.7 Å². The highest BCUT2D eigenvalue weighted by Crippen LogP contribution is 2.54. The van der Waals surface area contributed by atoms with Gasteiger partial charge in [0.15, 0.2) is 0 Å². The van der Waals surface area contributed by atoms with E-state index < -0.39 is 0 Å². The van der Waals surface area contributed by atoms with Crippen molar-refractivity contribution in [2.75, 3.05) is 0 Å². The Morgan fingerprint density at radius 2 is 2.33 bits per heavy atom. The molecular weight excluding hydrogens is 148 g/mol. The van der Waals surface area contributed by atoms with Crippen molar-refractivity contribution in [2.24, 2.45) is 17.3 Å². The number of rotatable bonds is 2. The molecule has 0 heterocycles. The topological polar surface area (TPSA) is 17.1 Å². The molecule has 2 bridgehead atoms. The molecule has 1 heteroatoms. The molecule has 0 radical (unpaired) electrons. The summed E-state index contributed by atoms with van der Waals surface area (Å²) in [6.45, 7) is 4.46. The standard InChI is InChI=1S/C11H18O/c1-8(2)6-11-4-3-9(7-11)5-10(11)12/h8-9H,3-7H2,1-2H3/t9?,11-/m1/s1. The van der Waals surface area contributed by atoms with Gasteiger partial charge in [-0.2, -0.15) is 0 Å². The van der Waals surface area contributed by atoms with E-state index in [1.54, 1.807) is 0 Å². The maximum atomic E-state index is 11.7. The second-order valence-electron chi connectivity index (χ2n) is 5.11. The monoisotopic (exact) mass is 166 g/mol. The fourth-order valence-corrected chi connectivity index (χ4v) is 3.22. The molecule has 0 spiro atoms. The molecule has 2 aliphatic rings. The minimum atomic E-state index is 0.152. The van der Waals surface area contributed by atoms with Gasteiger partial charge in [0.1, 0.15) is 5.78 Å². The van der Waals surface area contributed by atoms with Gasteiger partial charge in [-0.05, 0) is 37.5 Å². The first-order valence-corrected chi connectivity index (χ1v) is 5.16. The third-order valence-electron chi connectivity index (χ3n) is 3.58. The summed E-state index contributed by atoms with van der Waals surface area (Å²) in [6.07, 6.45) is 5.76. The van der Waals surface area contributed by atoms with Crippen molar-refractivity contribution in [3.63, 3.8) is 0 Å². The summed E-state index contributed by atoms with van der Waals surface area (Å²) >= 11 is 0. The molecule has 2 atom stereocenters. The smallest absolute Gasteiger partial charge is 0.139 e. The molecule has 0 aliphatic heterocycles. The van der Waals surface area contributed by atoms with Crippen LogP contribution in [0.3, 0.4) is 0 Å². The highest BCUT2D eigenvalue weighted by Gasteiger charge is 2.51. The van der Waals surface area contributed by atoms with Crippen LogP contribution in [-0.4, -0.2) is 5.78 Å². The first-order valence-electron chi connectivity index (χ1n) is 5.16. The molecule has 0 aromatic heterocycles. The Balaban J connectivity index is 2.13. The zero-order valence-electron chi connectivity index (χ0n) is 8.10. The van der Waals surface area contributed by atoms with Crippen molar-refractivity contribution in [3.05, 3.63) is 0 Å². The van der Waals surface area contributed by atoms with Crippen LogP contribution in [0.4, 0.5) is 0 Å². The SMILES string of the molecule is CC(C)C[C@@]12CCC(CC1=O)C2. The first kappa shape index (κ1) is 8.28. The van der Waals surface area contributed by atoms with Crippen LogP contribution in [0.5, 0.6) is 0 Å². The summed E-state index contributed by atoms with van der Waals surface area (Å²) in [5.74, 6) is 2.02. The molecule has 0 saturated heterocycles. The molecule has 0 aromatic carbocycles. The molecule has 2 saturated carbocycles. The molecule has 0 aromatic rings. The van der Waals surface area contributed by atoms with Gasteiger partial charge in [-0.1, -0.05) is 13.8 Å². The van der Waals surface area contributed by atoms with Crippen molar-refractivity contribution in [2.45, 2.75) is 46.0 Å². The largest absolute Gasteiger partial charge is 0.299 e. The van der Waals surface area contributed by atoms with Crippen LogP contribution in [0.2, 0.25) is 0 Å². The lowest BCUT2D eigenvalue weighted by Gasteiger charge is -2.26. The number of fused-ring (bicyclic) bond motifs is 2. The lowest BCUT2D eigenvalue weighted by atomic mass is 9.76. The lowest BCUT2D eigenvalue weighted by molar-refractivity contribution is -0.127. The minimum Gasteiger partial charge on any atom is -0.299 e. The molecular formula is C11H18O. The average Bonchev–Trinajstić information content (AvgIpc) is 2.42. The van der Waals surface area contributed by atoms with Crippen LogP contribution in [0.1, 0.15) is 46.0 Å². The van der Waals surface area contributed by atoms with E-state index in [1.807, 2.05) is 0 Å². The molecule has 1 nitrogen and oxygen atoms in total. The number of carbonyl (C=O) groups excluding carboxylic acids is 1. The van der Waals surface area contributed by atoms with E-state index in [2.05, 4.69) is 13.8 Å². The Kier molecular flexibility index (Phi) is 1.78. The number of carbonyl (C=O) groups is 1. The first-order chi connectivity index (χ1) is 5.62. The fourth-order valence-electron chi connectivity index (χ4n) is 3.22. The van der Waals surface area contributed by atoms with Gasteiger partial charge in [0.25, 0.3) is 0 Å². The Labute approximate surface area is 74.5 Å². The highest BCUT2D eigenvalue weighted by molar-refractivity contribution is 5.88. The number of hydrogen-bond acceptors (Lipinski definition) is 1. The number of ketones is 1. The second kappa shape index (κ2) is 2.58. The van der Waals surface area contributed by atoms with Crippen LogP contribution in [-0.2, 0) is 4.79 Å². The lowest BCUT2D eigenvalue weighted by Crippen LogP contribution is -2.26. The van der Waals surface area contributed by atoms with Crippen LogP contribution in [0.15, 0.2) is 0 Å². The van der Waals surface area contributed by atoms with Gasteiger partial charge in [-0.25, -0.2) is 0 Å². The van der Waals surface area contributed by atoms with E-state index in [4.69, 9.17) is 0 Å². The number of hydrogen-bond donors (Lipinski definition) is 0. The Bertz CT molecular complexity index is 207. The minimum absolute atomic E-state index is 0.152. The van der Waals surface area contributed by atoms with Crippen LogP contribution in [0, 0.1) is 17.3 Å². The van der Waals surface area contributed by atoms with E-state index in [-0.39, 0.29) is 5.41 Å². The van der Waals surface area contributed by atoms with Gasteiger partial charge in [-0.15, -0.1) is 0 Å². The summed E-state index contributed by atoms with van der Waals surface area (Å²) in [4.78, 5) is 11.7. The van der Waals surface area contributed by atoms with Gasteiger partial charge in [0.05, 0.1) is 0 Å². The molecule has 0 amide bonds. The Morgan fingerprint density at radius 3 is 2.75 bits per heavy atom. The van der Waals surface area contributed by atoms with Gasteiger partial charge in [0.2, 0.25) is 0 Å². The van der Waals surface area contributed by atoms with Crippen molar-refractivity contribution in [1.29, 1.82) is 0 Å². The fraction of sp³-hybridized carbons (Fsp3) is 0.909. The van der Waals surface area contributed by atoms with Crippen LogP contribution in [0.25, 0.3) is 0 Å². The highest BCUT2D eigenvalue weighted by atomic mass is 16.1. The quantitative estimate of drug-likeness (QED) is 0.616. The molecule has 2 rings (SSSR count). The third-order valence-corrected chi connectivity index (χ3v) is 3.58. The molecule has 1 unspecified atom stereocenters. The molecule has 2 aliphatic carbocycles. The van der Waals surface area contributed by atoms with Crippen molar-refractivity contribution in [1.82, 2.24) is 0 Å². The Hall–Kier alpha value is -0.330. The van der Waals surface area contributed by atoms with Crippen molar-refractivity contribution < 1.29 is 4.79 Å². The van der Waals surface area contributed by atoms with E-state index in [1.165, 1.54) is 19.3 Å². The normalized spacial score (nSPS) is 39.9. The van der Waals surface area contributed by atoms with Gasteiger partial charge >= 0.3 is 0 Å². The summed E-state index contributed by atoms with van der Waals surface area (Å²) in [5, 5.41) is 0. The number of Topliss-reactive ketones (excluding diaryl/α,β-unsaturated/α-hetero) is 1. The average molecular weight is 166 g/mol. The molecule has 12 heavy (non-hydrogen) atoms. The summed E-state index contributed by atoms with van der Waals surface area (Å²) in [5.41, 5.74) is 0.152. The zero-order valence-corrected chi connectivity index (χ0v) is 8.10. The van der Waals surface area contributed by atoms with Crippen molar-refractivity contribution >= 4 is 5.78 Å². The van der Waals surface area contributed by atoms with Gasteiger partial charge < -0.3 is 0 Å². The van der Waals surface area contributed by atoms with Gasteiger partial charge in [-0.3, -0.25) is 4.79 Å². The Morgan fingerprint density at radius 1 is 1.58 bits per heavy atom. The molecule has 2 fully saturated rings. The second-order valence-corrected chi connectivity index (χ2v) is 5.11. The van der Waals surface area contributed by atoms with E-state index >= 15 is 0 Å². The van der Waals surface area contributed by atoms with Gasteiger partial charge in [0, 0.05) is 11.8 Å². The molecule has 0 N–H and O–H groups in total.